The molecule has 290 valence electrons. The SMILES string of the molecule is Cc1cc(N(c2ccc(C3CC4CCC3C4)cc2)c2ccc(C3CC4CCC3C4)cc2)cc(N(c2ccc(C(C)(C)C)cc2)c2ccc(C(C)(C)C)cc2Br)c1. The molecule has 56 heavy (non-hydrogen) atoms. The lowest BCUT2D eigenvalue weighted by atomic mass is 9.83. The predicted octanol–water partition coefficient (Wildman–Crippen LogP) is 16.1. The van der Waals surface area contributed by atoms with Crippen LogP contribution in [0.15, 0.2) is 114 Å². The highest BCUT2D eigenvalue weighted by Gasteiger charge is 2.41. The average molecular weight is 806 g/mol. The molecule has 0 heterocycles. The molecule has 4 fully saturated rings. The van der Waals surface area contributed by atoms with Crippen LogP contribution < -0.4 is 9.80 Å². The molecular weight excluding hydrogens is 745 g/mol. The van der Waals surface area contributed by atoms with Gasteiger partial charge in [-0.15, -0.1) is 0 Å². The van der Waals surface area contributed by atoms with Crippen molar-refractivity contribution < 1.29 is 0 Å². The zero-order chi connectivity index (χ0) is 38.9. The van der Waals surface area contributed by atoms with Crippen LogP contribution in [0.3, 0.4) is 0 Å². The molecule has 6 atom stereocenters. The van der Waals surface area contributed by atoms with Crippen LogP contribution in [0, 0.1) is 30.6 Å². The number of hydrogen-bond donors (Lipinski definition) is 0. The monoisotopic (exact) mass is 804 g/mol. The highest BCUT2D eigenvalue weighted by atomic mass is 79.9. The summed E-state index contributed by atoms with van der Waals surface area (Å²) in [7, 11) is 0. The summed E-state index contributed by atoms with van der Waals surface area (Å²) < 4.78 is 1.09. The van der Waals surface area contributed by atoms with Crippen LogP contribution in [-0.4, -0.2) is 0 Å². The molecule has 9 rings (SSSR count). The highest BCUT2D eigenvalue weighted by molar-refractivity contribution is 9.10. The Morgan fingerprint density at radius 2 is 0.911 bits per heavy atom. The zero-order valence-corrected chi connectivity index (χ0v) is 36.4. The summed E-state index contributed by atoms with van der Waals surface area (Å²) >= 11 is 4.06. The van der Waals surface area contributed by atoms with Gasteiger partial charge in [0.25, 0.3) is 0 Å². The van der Waals surface area contributed by atoms with Crippen LogP contribution in [0.2, 0.25) is 0 Å². The zero-order valence-electron chi connectivity index (χ0n) is 34.8. The minimum Gasteiger partial charge on any atom is -0.310 e. The topological polar surface area (TPSA) is 6.48 Å². The maximum Gasteiger partial charge on any atom is 0.0603 e. The van der Waals surface area contributed by atoms with E-state index in [9.17, 15) is 0 Å². The van der Waals surface area contributed by atoms with Crippen LogP contribution >= 0.6 is 15.9 Å². The standard InChI is InChI=1S/C53H61BrN2/c1-34-26-46(33-47(27-34)56(45-23-16-41(17-24-45)52(2,3)4)51-25-18-42(32-50(51)54)53(5,6)7)55(43-19-12-37(13-20-43)48-30-35-8-10-39(48)28-35)44-21-14-38(15-22-44)49-31-36-9-11-40(49)29-36/h12-27,32-33,35-36,39-40,48-49H,8-11,28-31H2,1-7H3. The Kier molecular flexibility index (Phi) is 9.79. The normalized spacial score (nSPS) is 24.2. The predicted molar refractivity (Wildman–Crippen MR) is 242 cm³/mol. The van der Waals surface area contributed by atoms with E-state index in [1.807, 2.05) is 0 Å². The van der Waals surface area contributed by atoms with Gasteiger partial charge in [-0.2, -0.15) is 0 Å². The van der Waals surface area contributed by atoms with Crippen LogP contribution in [-0.2, 0) is 10.8 Å². The smallest absolute Gasteiger partial charge is 0.0603 e. The van der Waals surface area contributed by atoms with E-state index in [2.05, 4.69) is 183 Å². The maximum absolute atomic E-state index is 4.06. The van der Waals surface area contributed by atoms with E-state index >= 15 is 0 Å². The quantitative estimate of drug-likeness (QED) is 0.154. The molecule has 0 N–H and O–H groups in total. The Balaban J connectivity index is 1.15. The second-order valence-electron chi connectivity index (χ2n) is 20.2. The van der Waals surface area contributed by atoms with Gasteiger partial charge in [0.05, 0.1) is 5.69 Å². The van der Waals surface area contributed by atoms with Crippen molar-refractivity contribution in [1.29, 1.82) is 0 Å². The molecule has 6 unspecified atom stereocenters. The molecule has 4 bridgehead atoms. The minimum absolute atomic E-state index is 0.0526. The van der Waals surface area contributed by atoms with Crippen molar-refractivity contribution in [2.24, 2.45) is 23.7 Å². The lowest BCUT2D eigenvalue weighted by Crippen LogP contribution is -2.16. The van der Waals surface area contributed by atoms with Crippen molar-refractivity contribution in [1.82, 2.24) is 0 Å². The average Bonchev–Trinajstić information content (AvgIpc) is 4.00. The Labute approximate surface area is 345 Å². The lowest BCUT2D eigenvalue weighted by molar-refractivity contribution is 0.420. The van der Waals surface area contributed by atoms with E-state index in [1.165, 1.54) is 96.2 Å². The third-order valence-corrected chi connectivity index (χ3v) is 14.9. The highest BCUT2D eigenvalue weighted by Crippen LogP contribution is 2.55. The number of hydrogen-bond acceptors (Lipinski definition) is 2. The molecule has 0 radical (unpaired) electrons. The molecule has 4 aliphatic rings. The second kappa shape index (κ2) is 14.5. The number of anilines is 6. The third kappa shape index (κ3) is 7.27. The van der Waals surface area contributed by atoms with E-state index in [-0.39, 0.29) is 10.8 Å². The summed E-state index contributed by atoms with van der Waals surface area (Å²) in [5, 5.41) is 0. The van der Waals surface area contributed by atoms with E-state index in [0.29, 0.717) is 0 Å². The first-order valence-corrected chi connectivity index (χ1v) is 22.4. The molecule has 0 amide bonds. The molecule has 0 spiro atoms. The fraction of sp³-hybridized carbons (Fsp3) is 0.434. The maximum atomic E-state index is 4.06. The van der Waals surface area contributed by atoms with Crippen molar-refractivity contribution in [2.75, 3.05) is 9.80 Å². The Morgan fingerprint density at radius 3 is 1.34 bits per heavy atom. The Bertz CT molecular complexity index is 2110. The van der Waals surface area contributed by atoms with Crippen molar-refractivity contribution in [3.63, 3.8) is 0 Å². The fourth-order valence-corrected chi connectivity index (χ4v) is 11.7. The first kappa shape index (κ1) is 37.7. The number of rotatable bonds is 8. The van der Waals surface area contributed by atoms with Gasteiger partial charge in [0, 0.05) is 32.9 Å². The number of fused-ring (bicyclic) bond motifs is 4. The molecule has 0 saturated heterocycles. The summed E-state index contributed by atoms with van der Waals surface area (Å²) in [4.78, 5) is 4.94. The number of benzene rings is 5. The molecule has 5 aromatic carbocycles. The first-order chi connectivity index (χ1) is 26.8. The van der Waals surface area contributed by atoms with E-state index in [4.69, 9.17) is 0 Å². The van der Waals surface area contributed by atoms with Gasteiger partial charge < -0.3 is 9.80 Å². The van der Waals surface area contributed by atoms with E-state index in [0.717, 1.165) is 57.0 Å². The number of halogens is 1. The molecule has 4 saturated carbocycles. The molecule has 2 nitrogen and oxygen atoms in total. The van der Waals surface area contributed by atoms with Gasteiger partial charge in [-0.25, -0.2) is 0 Å². The largest absolute Gasteiger partial charge is 0.310 e. The van der Waals surface area contributed by atoms with Gasteiger partial charge in [-0.3, -0.25) is 0 Å². The van der Waals surface area contributed by atoms with E-state index in [1.54, 1.807) is 0 Å². The Morgan fingerprint density at radius 1 is 0.464 bits per heavy atom. The molecule has 0 aliphatic heterocycles. The molecule has 4 aliphatic carbocycles. The van der Waals surface area contributed by atoms with Gasteiger partial charge in [0.15, 0.2) is 0 Å². The molecule has 0 aromatic heterocycles. The van der Waals surface area contributed by atoms with Crippen LogP contribution in [0.4, 0.5) is 34.1 Å². The Hall–Kier alpha value is -3.82. The van der Waals surface area contributed by atoms with Gasteiger partial charge in [-0.05, 0) is 202 Å². The molecule has 5 aromatic rings. The fourth-order valence-electron chi connectivity index (χ4n) is 11.2. The second-order valence-corrected chi connectivity index (χ2v) is 21.0. The van der Waals surface area contributed by atoms with Gasteiger partial charge in [-0.1, -0.05) is 96.8 Å². The summed E-state index contributed by atoms with van der Waals surface area (Å²) in [6, 6.07) is 42.6. The van der Waals surface area contributed by atoms with Crippen LogP contribution in [0.5, 0.6) is 0 Å². The molecular formula is C53H61BrN2. The number of aryl methyl sites for hydroxylation is 1. The minimum atomic E-state index is 0.0526. The van der Waals surface area contributed by atoms with E-state index < -0.39 is 0 Å². The summed E-state index contributed by atoms with van der Waals surface area (Å²) in [6.07, 6.45) is 11.3. The summed E-state index contributed by atoms with van der Waals surface area (Å²) in [5.74, 6) is 5.09. The summed E-state index contributed by atoms with van der Waals surface area (Å²) in [6.45, 7) is 16.0. The number of nitrogens with zero attached hydrogens (tertiary/aromatic N) is 2. The van der Waals surface area contributed by atoms with Crippen molar-refractivity contribution in [3.05, 3.63) is 141 Å². The van der Waals surface area contributed by atoms with Crippen LogP contribution in [0.1, 0.15) is 133 Å². The lowest BCUT2D eigenvalue weighted by Gasteiger charge is -2.32. The van der Waals surface area contributed by atoms with Crippen molar-refractivity contribution >= 4 is 50.1 Å². The van der Waals surface area contributed by atoms with Crippen molar-refractivity contribution in [2.45, 2.75) is 122 Å². The summed E-state index contributed by atoms with van der Waals surface area (Å²) in [5.41, 5.74) is 14.1. The van der Waals surface area contributed by atoms with Crippen LogP contribution in [0.25, 0.3) is 0 Å². The van der Waals surface area contributed by atoms with Gasteiger partial charge >= 0.3 is 0 Å². The van der Waals surface area contributed by atoms with Crippen molar-refractivity contribution in [3.8, 4) is 0 Å². The third-order valence-electron chi connectivity index (χ3n) is 14.2. The van der Waals surface area contributed by atoms with Gasteiger partial charge in [0.1, 0.15) is 0 Å². The molecule has 3 heteroatoms. The first-order valence-electron chi connectivity index (χ1n) is 21.6. The van der Waals surface area contributed by atoms with Gasteiger partial charge in [0.2, 0.25) is 0 Å².